The Bertz CT molecular complexity index is 703. The van der Waals surface area contributed by atoms with Gasteiger partial charge in [0.25, 0.3) is 5.91 Å². The van der Waals surface area contributed by atoms with Crippen molar-refractivity contribution in [3.63, 3.8) is 0 Å². The van der Waals surface area contributed by atoms with E-state index in [2.05, 4.69) is 5.32 Å². The van der Waals surface area contributed by atoms with Crippen LogP contribution in [0.1, 0.15) is 20.9 Å². The summed E-state index contributed by atoms with van der Waals surface area (Å²) in [5.41, 5.74) is 2.23. The highest BCUT2D eigenvalue weighted by Gasteiger charge is 2.16. The molecule has 0 saturated carbocycles. The van der Waals surface area contributed by atoms with Gasteiger partial charge in [-0.3, -0.25) is 9.59 Å². The fourth-order valence-corrected chi connectivity index (χ4v) is 2.69. The number of anilines is 1. The summed E-state index contributed by atoms with van der Waals surface area (Å²) >= 11 is 6.84. The molecule has 0 aliphatic rings. The molecule has 6 heteroatoms. The van der Waals surface area contributed by atoms with Crippen LogP contribution < -0.4 is 10.2 Å². The number of nitrogens with one attached hydrogen (secondary N) is 1. The van der Waals surface area contributed by atoms with Gasteiger partial charge in [0, 0.05) is 23.5 Å². The van der Waals surface area contributed by atoms with Gasteiger partial charge in [-0.05, 0) is 31.5 Å². The summed E-state index contributed by atoms with van der Waals surface area (Å²) in [5, 5.41) is 3.34. The molecule has 0 aliphatic heterocycles. The second-order valence-electron chi connectivity index (χ2n) is 4.25. The maximum atomic E-state index is 12.2. The molecule has 1 amide bonds. The van der Waals surface area contributed by atoms with Crippen LogP contribution in [0.2, 0.25) is 5.02 Å². The monoisotopic (exact) mass is 296 g/mol. The lowest BCUT2D eigenvalue weighted by atomic mass is 10.2. The Balaban J connectivity index is 2.33. The zero-order chi connectivity index (χ0) is 14.2. The highest BCUT2D eigenvalue weighted by atomic mass is 35.5. The van der Waals surface area contributed by atoms with Gasteiger partial charge in [0.05, 0.1) is 0 Å². The van der Waals surface area contributed by atoms with Crippen LogP contribution in [0.15, 0.2) is 23.0 Å². The fraction of sp³-hybridized carbons (Fsp3) is 0.231. The molecule has 1 N–H and O–H groups in total. The molecule has 0 bridgehead atoms. The SMILES string of the molecule is Cc1ccc(Cl)cc1NC(=O)c1sc(=O)n(C)c1C. The standard InChI is InChI=1S/C13H13ClN2O2S/c1-7-4-5-9(14)6-10(7)15-12(17)11-8(2)16(3)13(18)19-11/h4-6H,1-3H3,(H,15,17). The van der Waals surface area contributed by atoms with Gasteiger partial charge in [0.15, 0.2) is 0 Å². The van der Waals surface area contributed by atoms with Crippen LogP contribution >= 0.6 is 22.9 Å². The predicted molar refractivity (Wildman–Crippen MR) is 78.4 cm³/mol. The van der Waals surface area contributed by atoms with E-state index in [1.807, 2.05) is 13.0 Å². The molecule has 4 nitrogen and oxygen atoms in total. The van der Waals surface area contributed by atoms with E-state index in [-0.39, 0.29) is 10.8 Å². The van der Waals surface area contributed by atoms with Gasteiger partial charge in [0.2, 0.25) is 0 Å². The predicted octanol–water partition coefficient (Wildman–Crippen LogP) is 2.97. The number of thiazole rings is 1. The number of carbonyl (C=O) groups excluding carboxylic acids is 1. The van der Waals surface area contributed by atoms with Crippen LogP contribution in [0.5, 0.6) is 0 Å². The average molecular weight is 297 g/mol. The number of aromatic nitrogens is 1. The summed E-state index contributed by atoms with van der Waals surface area (Å²) in [5.74, 6) is -0.287. The van der Waals surface area contributed by atoms with Gasteiger partial charge in [-0.2, -0.15) is 0 Å². The van der Waals surface area contributed by atoms with Gasteiger partial charge in [-0.1, -0.05) is 29.0 Å². The van der Waals surface area contributed by atoms with Crippen LogP contribution in [-0.4, -0.2) is 10.5 Å². The van der Waals surface area contributed by atoms with Crippen LogP contribution in [0, 0.1) is 13.8 Å². The Morgan fingerprint density at radius 3 is 2.63 bits per heavy atom. The third kappa shape index (κ3) is 2.72. The number of hydrogen-bond donors (Lipinski definition) is 1. The lowest BCUT2D eigenvalue weighted by Gasteiger charge is -2.08. The Morgan fingerprint density at radius 1 is 1.37 bits per heavy atom. The first-order valence-corrected chi connectivity index (χ1v) is 6.83. The number of rotatable bonds is 2. The van der Waals surface area contributed by atoms with E-state index < -0.39 is 0 Å². The van der Waals surface area contributed by atoms with Gasteiger partial charge in [0.1, 0.15) is 4.88 Å². The van der Waals surface area contributed by atoms with Crippen molar-refractivity contribution >= 4 is 34.5 Å². The second-order valence-corrected chi connectivity index (χ2v) is 5.65. The first-order valence-electron chi connectivity index (χ1n) is 5.64. The van der Waals surface area contributed by atoms with Crippen LogP contribution in [0.25, 0.3) is 0 Å². The van der Waals surface area contributed by atoms with Crippen molar-refractivity contribution in [2.45, 2.75) is 13.8 Å². The zero-order valence-corrected chi connectivity index (χ0v) is 12.4. The van der Waals surface area contributed by atoms with Crippen molar-refractivity contribution in [3.8, 4) is 0 Å². The van der Waals surface area contributed by atoms with E-state index >= 15 is 0 Å². The van der Waals surface area contributed by atoms with E-state index in [0.717, 1.165) is 16.9 Å². The molecular formula is C13H13ClN2O2S. The first kappa shape index (κ1) is 13.8. The lowest BCUT2D eigenvalue weighted by molar-refractivity contribution is 0.102. The van der Waals surface area contributed by atoms with E-state index in [1.54, 1.807) is 26.1 Å². The van der Waals surface area contributed by atoms with Crippen molar-refractivity contribution < 1.29 is 4.79 Å². The van der Waals surface area contributed by atoms with Gasteiger partial charge in [-0.25, -0.2) is 0 Å². The molecule has 0 aliphatic carbocycles. The fourth-order valence-electron chi connectivity index (χ4n) is 1.64. The van der Waals surface area contributed by atoms with Crippen molar-refractivity contribution in [1.29, 1.82) is 0 Å². The molecule has 0 atom stereocenters. The molecule has 0 unspecified atom stereocenters. The van der Waals surface area contributed by atoms with E-state index in [4.69, 9.17) is 11.6 Å². The first-order chi connectivity index (χ1) is 8.90. The van der Waals surface area contributed by atoms with Crippen molar-refractivity contribution in [3.05, 3.63) is 49.0 Å². The molecule has 1 aromatic heterocycles. The maximum absolute atomic E-state index is 12.2. The highest BCUT2D eigenvalue weighted by molar-refractivity contribution is 7.11. The summed E-state index contributed by atoms with van der Waals surface area (Å²) in [6.45, 7) is 3.63. The summed E-state index contributed by atoms with van der Waals surface area (Å²) < 4.78 is 1.46. The number of aryl methyl sites for hydroxylation is 1. The van der Waals surface area contributed by atoms with E-state index in [9.17, 15) is 9.59 Å². The maximum Gasteiger partial charge on any atom is 0.307 e. The van der Waals surface area contributed by atoms with Crippen LogP contribution in [0.4, 0.5) is 5.69 Å². The van der Waals surface area contributed by atoms with Gasteiger partial charge >= 0.3 is 4.87 Å². The minimum absolute atomic E-state index is 0.148. The minimum atomic E-state index is -0.287. The summed E-state index contributed by atoms with van der Waals surface area (Å²) in [6.07, 6.45) is 0. The zero-order valence-electron chi connectivity index (χ0n) is 10.8. The molecule has 0 saturated heterocycles. The molecule has 0 radical (unpaired) electrons. The molecular weight excluding hydrogens is 284 g/mol. The third-order valence-corrected chi connectivity index (χ3v) is 4.32. The van der Waals surface area contributed by atoms with Crippen molar-refractivity contribution in [1.82, 2.24) is 4.57 Å². The number of halogens is 1. The molecule has 1 heterocycles. The Kier molecular flexibility index (Phi) is 3.78. The smallest absolute Gasteiger partial charge is 0.307 e. The Morgan fingerprint density at radius 2 is 2.05 bits per heavy atom. The third-order valence-electron chi connectivity index (χ3n) is 2.95. The highest BCUT2D eigenvalue weighted by Crippen LogP contribution is 2.21. The summed E-state index contributed by atoms with van der Waals surface area (Å²) in [4.78, 5) is 24.0. The Hall–Kier alpha value is -1.59. The molecule has 100 valence electrons. The number of hydrogen-bond acceptors (Lipinski definition) is 3. The minimum Gasteiger partial charge on any atom is -0.321 e. The number of amides is 1. The van der Waals surface area contributed by atoms with Crippen molar-refractivity contribution in [2.75, 3.05) is 5.32 Å². The number of carbonyl (C=O) groups is 1. The lowest BCUT2D eigenvalue weighted by Crippen LogP contribution is -2.13. The Labute approximate surface area is 119 Å². The molecule has 1 aromatic carbocycles. The summed E-state index contributed by atoms with van der Waals surface area (Å²) in [6, 6.07) is 5.28. The summed E-state index contributed by atoms with van der Waals surface area (Å²) in [7, 11) is 1.65. The molecule has 0 fully saturated rings. The van der Waals surface area contributed by atoms with Crippen LogP contribution in [0.3, 0.4) is 0 Å². The number of nitrogens with zero attached hydrogens (tertiary/aromatic N) is 1. The molecule has 0 spiro atoms. The normalized spacial score (nSPS) is 10.5. The molecule has 2 aromatic rings. The van der Waals surface area contributed by atoms with E-state index in [1.165, 1.54) is 4.57 Å². The second kappa shape index (κ2) is 5.19. The van der Waals surface area contributed by atoms with Gasteiger partial charge in [-0.15, -0.1) is 0 Å². The average Bonchev–Trinajstić information content (AvgIpc) is 2.62. The quantitative estimate of drug-likeness (QED) is 0.926. The molecule has 19 heavy (non-hydrogen) atoms. The van der Waals surface area contributed by atoms with E-state index in [0.29, 0.717) is 21.3 Å². The molecule has 2 rings (SSSR count). The number of benzene rings is 1. The van der Waals surface area contributed by atoms with Crippen LogP contribution in [-0.2, 0) is 7.05 Å². The largest absolute Gasteiger partial charge is 0.321 e. The topological polar surface area (TPSA) is 51.1 Å². The van der Waals surface area contributed by atoms with Crippen molar-refractivity contribution in [2.24, 2.45) is 7.05 Å². The van der Waals surface area contributed by atoms with Gasteiger partial charge < -0.3 is 9.88 Å².